The van der Waals surface area contributed by atoms with Crippen molar-refractivity contribution in [2.75, 3.05) is 5.32 Å². The minimum absolute atomic E-state index is 0.214. The number of hydrogen-bond donors (Lipinski definition) is 1. The number of anilines is 1. The average Bonchev–Trinajstić information content (AvgIpc) is 3.21. The quantitative estimate of drug-likeness (QED) is 0.390. The van der Waals surface area contributed by atoms with Crippen molar-refractivity contribution in [1.29, 1.82) is 0 Å². The van der Waals surface area contributed by atoms with Gasteiger partial charge in [0.1, 0.15) is 16.1 Å². The van der Waals surface area contributed by atoms with E-state index in [2.05, 4.69) is 10.3 Å². The minimum atomic E-state index is -0.502. The normalized spacial score (nSPS) is 11.3. The van der Waals surface area contributed by atoms with Crippen LogP contribution in [-0.4, -0.2) is 20.0 Å². The van der Waals surface area contributed by atoms with Gasteiger partial charge in [0, 0.05) is 23.8 Å². The second-order valence-electron chi connectivity index (χ2n) is 8.62. The molecule has 2 aromatic carbocycles. The molecule has 0 saturated carbocycles. The van der Waals surface area contributed by atoms with Crippen LogP contribution in [0.4, 0.5) is 5.69 Å². The van der Waals surface area contributed by atoms with Gasteiger partial charge in [0.2, 0.25) is 5.91 Å². The first-order valence-electron chi connectivity index (χ1n) is 11.3. The third kappa shape index (κ3) is 4.52. The summed E-state index contributed by atoms with van der Waals surface area (Å²) in [6.45, 7) is 3.93. The highest BCUT2D eigenvalue weighted by molar-refractivity contribution is 7.25. The van der Waals surface area contributed by atoms with Gasteiger partial charge in [-0.25, -0.2) is 9.78 Å². The first kappa shape index (κ1) is 22.7. The molecular formula is C27H24N4O3S. The largest absolute Gasteiger partial charge is 0.332 e. The number of aromatic nitrogens is 3. The molecule has 0 unspecified atom stereocenters. The molecule has 0 radical (unpaired) electrons. The number of nitrogens with one attached hydrogen (secondary N) is 1. The summed E-state index contributed by atoms with van der Waals surface area (Å²) >= 11 is 1.25. The Labute approximate surface area is 205 Å². The second kappa shape index (κ2) is 9.31. The molecule has 0 aliphatic carbocycles. The molecule has 0 bridgehead atoms. The van der Waals surface area contributed by atoms with E-state index in [1.54, 1.807) is 12.3 Å². The Kier molecular flexibility index (Phi) is 6.05. The number of pyridine rings is 1. The van der Waals surface area contributed by atoms with Gasteiger partial charge in [-0.05, 0) is 61.2 Å². The highest BCUT2D eigenvalue weighted by atomic mass is 32.1. The number of thiophene rings is 1. The molecule has 0 aliphatic heterocycles. The summed E-state index contributed by atoms with van der Waals surface area (Å²) < 4.78 is 3.06. The maximum Gasteiger partial charge on any atom is 0.332 e. The van der Waals surface area contributed by atoms with Gasteiger partial charge in [0.15, 0.2) is 0 Å². The van der Waals surface area contributed by atoms with Crippen molar-refractivity contribution in [1.82, 2.24) is 14.1 Å². The van der Waals surface area contributed by atoms with Crippen LogP contribution in [-0.2, 0) is 24.3 Å². The van der Waals surface area contributed by atoms with Crippen molar-refractivity contribution in [3.8, 4) is 0 Å². The predicted octanol–water partition coefficient (Wildman–Crippen LogP) is 4.27. The van der Waals surface area contributed by atoms with Gasteiger partial charge >= 0.3 is 5.69 Å². The van der Waals surface area contributed by atoms with E-state index in [1.165, 1.54) is 20.5 Å². The van der Waals surface area contributed by atoms with Gasteiger partial charge in [-0.2, -0.15) is 0 Å². The van der Waals surface area contributed by atoms with Crippen molar-refractivity contribution >= 4 is 43.4 Å². The lowest BCUT2D eigenvalue weighted by Crippen LogP contribution is -2.41. The van der Waals surface area contributed by atoms with Crippen LogP contribution in [0.2, 0.25) is 0 Å². The van der Waals surface area contributed by atoms with E-state index >= 15 is 0 Å². The first-order valence-corrected chi connectivity index (χ1v) is 12.2. The van der Waals surface area contributed by atoms with Crippen LogP contribution in [0.3, 0.4) is 0 Å². The zero-order chi connectivity index (χ0) is 24.5. The fourth-order valence-electron chi connectivity index (χ4n) is 4.40. The summed E-state index contributed by atoms with van der Waals surface area (Å²) in [6, 6.07) is 19.1. The number of rotatable bonds is 6. The monoisotopic (exact) mass is 484 g/mol. The van der Waals surface area contributed by atoms with Gasteiger partial charge in [-0.15, -0.1) is 11.3 Å². The highest BCUT2D eigenvalue weighted by Gasteiger charge is 2.20. The van der Waals surface area contributed by atoms with E-state index in [-0.39, 0.29) is 24.6 Å². The molecule has 7 nitrogen and oxygen atoms in total. The second-order valence-corrected chi connectivity index (χ2v) is 9.62. The van der Waals surface area contributed by atoms with Gasteiger partial charge in [0.05, 0.1) is 5.52 Å². The fraction of sp³-hybridized carbons (Fsp3) is 0.185. The first-order chi connectivity index (χ1) is 16.9. The van der Waals surface area contributed by atoms with Gasteiger partial charge in [-0.1, -0.05) is 36.4 Å². The van der Waals surface area contributed by atoms with E-state index in [0.717, 1.165) is 16.7 Å². The van der Waals surface area contributed by atoms with Crippen LogP contribution < -0.4 is 16.6 Å². The van der Waals surface area contributed by atoms with E-state index in [0.29, 0.717) is 32.5 Å². The smallest absolute Gasteiger partial charge is 0.325 e. The molecule has 35 heavy (non-hydrogen) atoms. The summed E-state index contributed by atoms with van der Waals surface area (Å²) in [5.41, 5.74) is 3.36. The number of carbonyl (C=O) groups is 1. The Morgan fingerprint density at radius 2 is 1.71 bits per heavy atom. The topological polar surface area (TPSA) is 86.0 Å². The molecule has 0 fully saturated rings. The molecule has 0 atom stereocenters. The Morgan fingerprint density at radius 1 is 0.971 bits per heavy atom. The minimum Gasteiger partial charge on any atom is -0.325 e. The summed E-state index contributed by atoms with van der Waals surface area (Å²) in [5, 5.41) is 3.59. The number of amides is 1. The van der Waals surface area contributed by atoms with Crippen molar-refractivity contribution in [2.24, 2.45) is 0 Å². The molecule has 1 amide bonds. The van der Waals surface area contributed by atoms with E-state index in [1.807, 2.05) is 68.4 Å². The van der Waals surface area contributed by atoms with E-state index in [9.17, 15) is 14.4 Å². The molecule has 3 heterocycles. The highest BCUT2D eigenvalue weighted by Crippen LogP contribution is 2.29. The van der Waals surface area contributed by atoms with E-state index in [4.69, 9.17) is 0 Å². The third-order valence-corrected chi connectivity index (χ3v) is 6.98. The van der Waals surface area contributed by atoms with Crippen LogP contribution in [0.5, 0.6) is 0 Å². The molecule has 1 N–H and O–H groups in total. The molecular weight excluding hydrogens is 460 g/mol. The predicted molar refractivity (Wildman–Crippen MR) is 140 cm³/mol. The summed E-state index contributed by atoms with van der Waals surface area (Å²) in [5.74, 6) is -0.338. The van der Waals surface area contributed by atoms with Crippen molar-refractivity contribution in [3.63, 3.8) is 0 Å². The van der Waals surface area contributed by atoms with Gasteiger partial charge in [-0.3, -0.25) is 18.7 Å². The summed E-state index contributed by atoms with van der Waals surface area (Å²) in [6.07, 6.45) is 2.18. The number of aryl methyl sites for hydroxylation is 3. The number of hydrogen-bond acceptors (Lipinski definition) is 5. The van der Waals surface area contributed by atoms with E-state index < -0.39 is 5.69 Å². The van der Waals surface area contributed by atoms with Crippen molar-refractivity contribution in [3.05, 3.63) is 104 Å². The standard InChI is InChI=1S/C27H24N4O3S/c1-17-13-18(2)15-20(14-17)29-22(32)16-31-23-21-9-6-11-28-25(21)35-24(23)26(33)30(27(31)34)12-10-19-7-4-3-5-8-19/h3-9,11,13-15H,10,12,16H2,1-2H3,(H,29,32). The maximum absolute atomic E-state index is 13.6. The molecule has 0 saturated heterocycles. The van der Waals surface area contributed by atoms with Crippen LogP contribution in [0, 0.1) is 13.8 Å². The Hall–Kier alpha value is -4.04. The lowest BCUT2D eigenvalue weighted by atomic mass is 10.1. The molecule has 176 valence electrons. The van der Waals surface area contributed by atoms with Crippen LogP contribution in [0.25, 0.3) is 20.4 Å². The summed E-state index contributed by atoms with van der Waals surface area (Å²) in [7, 11) is 0. The van der Waals surface area contributed by atoms with Crippen molar-refractivity contribution < 1.29 is 4.79 Å². The summed E-state index contributed by atoms with van der Waals surface area (Å²) in [4.78, 5) is 45.1. The fourth-order valence-corrected chi connectivity index (χ4v) is 5.50. The number of fused-ring (bicyclic) bond motifs is 3. The molecule has 0 spiro atoms. The lowest BCUT2D eigenvalue weighted by molar-refractivity contribution is -0.116. The van der Waals surface area contributed by atoms with Gasteiger partial charge in [0.25, 0.3) is 5.56 Å². The number of carbonyl (C=O) groups excluding carboxylic acids is 1. The zero-order valence-corrected chi connectivity index (χ0v) is 20.3. The Morgan fingerprint density at radius 3 is 2.46 bits per heavy atom. The molecule has 3 aromatic heterocycles. The van der Waals surface area contributed by atoms with Crippen LogP contribution in [0.1, 0.15) is 16.7 Å². The molecule has 0 aliphatic rings. The Bertz CT molecular complexity index is 1660. The van der Waals surface area contributed by atoms with Crippen LogP contribution in [0.15, 0.2) is 76.4 Å². The van der Waals surface area contributed by atoms with Gasteiger partial charge < -0.3 is 5.32 Å². The lowest BCUT2D eigenvalue weighted by Gasteiger charge is -2.13. The third-order valence-electron chi connectivity index (χ3n) is 5.89. The number of benzene rings is 2. The van der Waals surface area contributed by atoms with Crippen molar-refractivity contribution in [2.45, 2.75) is 33.4 Å². The SMILES string of the molecule is Cc1cc(C)cc(NC(=O)Cn2c(=O)n(CCc3ccccc3)c(=O)c3sc4ncccc4c32)c1. The molecule has 5 aromatic rings. The van der Waals surface area contributed by atoms with Crippen LogP contribution >= 0.6 is 11.3 Å². The Balaban J connectivity index is 1.59. The zero-order valence-electron chi connectivity index (χ0n) is 19.4. The number of nitrogens with zero attached hydrogens (tertiary/aromatic N) is 3. The maximum atomic E-state index is 13.6. The molecule has 8 heteroatoms. The average molecular weight is 485 g/mol. The molecule has 5 rings (SSSR count).